The van der Waals surface area contributed by atoms with Gasteiger partial charge in [-0.15, -0.1) is 11.3 Å². The molecule has 1 aromatic heterocycles. The van der Waals surface area contributed by atoms with Crippen molar-refractivity contribution in [1.82, 2.24) is 0 Å². The number of hydrogen-bond donors (Lipinski definition) is 2. The number of nitrogens with two attached hydrogens (primary N) is 2. The van der Waals surface area contributed by atoms with Crippen molar-refractivity contribution in [2.24, 2.45) is 5.73 Å². The molecule has 0 spiro atoms. The second-order valence-corrected chi connectivity index (χ2v) is 4.37. The molecule has 72 valence electrons. The van der Waals surface area contributed by atoms with Crippen LogP contribution in [0, 0.1) is 0 Å². The number of carbonyl (C=O) groups is 1. The summed E-state index contributed by atoms with van der Waals surface area (Å²) in [7, 11) is 0. The Hall–Kier alpha value is -1.26. The summed E-state index contributed by atoms with van der Waals surface area (Å²) in [5.41, 5.74) is 11.3. The first-order valence-corrected chi connectivity index (χ1v) is 5.06. The molecule has 0 fully saturated rings. The van der Waals surface area contributed by atoms with Gasteiger partial charge in [0.2, 0.25) is 0 Å². The number of benzene rings is 1. The number of fused-ring (bicyclic) bond motifs is 1. The van der Waals surface area contributed by atoms with Crippen molar-refractivity contribution in [3.05, 3.63) is 28.8 Å². The van der Waals surface area contributed by atoms with Gasteiger partial charge in [-0.1, -0.05) is 11.6 Å². The van der Waals surface area contributed by atoms with Crippen LogP contribution in [-0.4, -0.2) is 5.91 Å². The highest BCUT2D eigenvalue weighted by atomic mass is 35.5. The zero-order valence-corrected chi connectivity index (χ0v) is 8.65. The Labute approximate surface area is 89.3 Å². The van der Waals surface area contributed by atoms with E-state index in [2.05, 4.69) is 0 Å². The van der Waals surface area contributed by atoms with Gasteiger partial charge in [0, 0.05) is 15.1 Å². The first-order valence-electron chi connectivity index (χ1n) is 3.87. The van der Waals surface area contributed by atoms with Crippen LogP contribution >= 0.6 is 22.9 Å². The minimum absolute atomic E-state index is 0.368. The molecule has 5 heteroatoms. The van der Waals surface area contributed by atoms with Gasteiger partial charge < -0.3 is 11.5 Å². The lowest BCUT2D eigenvalue weighted by atomic mass is 10.1. The van der Waals surface area contributed by atoms with Crippen LogP contribution < -0.4 is 11.5 Å². The molecule has 0 saturated heterocycles. The SMILES string of the molecule is NC(=O)c1c(N)sc2ccc(Cl)cc12. The molecule has 0 bridgehead atoms. The highest BCUT2D eigenvalue weighted by Gasteiger charge is 2.14. The van der Waals surface area contributed by atoms with Gasteiger partial charge in [0.1, 0.15) is 0 Å². The second kappa shape index (κ2) is 3.15. The summed E-state index contributed by atoms with van der Waals surface area (Å²) in [5, 5.41) is 1.74. The van der Waals surface area contributed by atoms with Crippen LogP contribution in [0.25, 0.3) is 10.1 Å². The lowest BCUT2D eigenvalue weighted by Crippen LogP contribution is -2.11. The van der Waals surface area contributed by atoms with E-state index in [9.17, 15) is 4.79 Å². The van der Waals surface area contributed by atoms with Gasteiger partial charge in [0.25, 0.3) is 5.91 Å². The summed E-state index contributed by atoms with van der Waals surface area (Å²) in [6.45, 7) is 0. The average molecular weight is 227 g/mol. The molecule has 2 aromatic rings. The third kappa shape index (κ3) is 1.32. The fourth-order valence-electron chi connectivity index (χ4n) is 1.34. The highest BCUT2D eigenvalue weighted by molar-refractivity contribution is 7.23. The third-order valence-corrected chi connectivity index (χ3v) is 3.16. The lowest BCUT2D eigenvalue weighted by Gasteiger charge is -1.94. The molecule has 3 nitrogen and oxygen atoms in total. The molecule has 0 atom stereocenters. The molecule has 0 saturated carbocycles. The Kier molecular flexibility index (Phi) is 2.09. The van der Waals surface area contributed by atoms with E-state index in [-0.39, 0.29) is 0 Å². The minimum Gasteiger partial charge on any atom is -0.390 e. The van der Waals surface area contributed by atoms with Crippen LogP contribution in [0.1, 0.15) is 10.4 Å². The Bertz CT molecular complexity index is 521. The summed E-state index contributed by atoms with van der Waals surface area (Å²) in [5.74, 6) is -0.518. The van der Waals surface area contributed by atoms with Gasteiger partial charge in [0.05, 0.1) is 10.6 Å². The molecule has 0 radical (unpaired) electrons. The molecular formula is C9H7ClN2OS. The molecule has 0 aliphatic rings. The standard InChI is InChI=1S/C9H7ClN2OS/c10-4-1-2-6-5(3-4)7(8(11)13)9(12)14-6/h1-3H,12H2,(H2,11,13). The number of rotatable bonds is 1. The Balaban J connectivity index is 2.86. The van der Waals surface area contributed by atoms with E-state index in [4.69, 9.17) is 23.1 Å². The van der Waals surface area contributed by atoms with Crippen molar-refractivity contribution in [2.75, 3.05) is 5.73 Å². The predicted octanol–water partition coefficient (Wildman–Crippen LogP) is 2.24. The predicted molar refractivity (Wildman–Crippen MR) is 59.8 cm³/mol. The van der Waals surface area contributed by atoms with E-state index < -0.39 is 5.91 Å². The number of anilines is 1. The van der Waals surface area contributed by atoms with Gasteiger partial charge in [-0.05, 0) is 18.2 Å². The summed E-state index contributed by atoms with van der Waals surface area (Å²) < 4.78 is 0.917. The maximum Gasteiger partial charge on any atom is 0.252 e. The molecule has 1 amide bonds. The van der Waals surface area contributed by atoms with Crippen molar-refractivity contribution in [1.29, 1.82) is 0 Å². The van der Waals surface area contributed by atoms with Crippen molar-refractivity contribution in [3.63, 3.8) is 0 Å². The fourth-order valence-corrected chi connectivity index (χ4v) is 2.47. The van der Waals surface area contributed by atoms with Crippen LogP contribution in [0.5, 0.6) is 0 Å². The quantitative estimate of drug-likeness (QED) is 0.783. The normalized spacial score (nSPS) is 10.6. The Morgan fingerprint density at radius 3 is 2.79 bits per heavy atom. The first-order chi connectivity index (χ1) is 6.59. The number of primary amides is 1. The van der Waals surface area contributed by atoms with Crippen LogP contribution in [0.4, 0.5) is 5.00 Å². The second-order valence-electron chi connectivity index (χ2n) is 2.85. The van der Waals surface area contributed by atoms with Gasteiger partial charge in [-0.2, -0.15) is 0 Å². The molecule has 0 aliphatic carbocycles. The Morgan fingerprint density at radius 2 is 2.14 bits per heavy atom. The summed E-state index contributed by atoms with van der Waals surface area (Å²) >= 11 is 7.15. The van der Waals surface area contributed by atoms with Gasteiger partial charge in [-0.25, -0.2) is 0 Å². The van der Waals surface area contributed by atoms with Crippen molar-refractivity contribution in [2.45, 2.75) is 0 Å². The number of amides is 1. The maximum absolute atomic E-state index is 11.1. The zero-order chi connectivity index (χ0) is 10.3. The van der Waals surface area contributed by atoms with E-state index in [1.807, 2.05) is 6.07 Å². The van der Waals surface area contributed by atoms with E-state index in [0.717, 1.165) is 10.1 Å². The van der Waals surface area contributed by atoms with E-state index in [1.54, 1.807) is 12.1 Å². The summed E-state index contributed by atoms with van der Waals surface area (Å²) in [6.07, 6.45) is 0. The average Bonchev–Trinajstić information content (AvgIpc) is 2.40. The molecule has 14 heavy (non-hydrogen) atoms. The maximum atomic E-state index is 11.1. The van der Waals surface area contributed by atoms with E-state index in [0.29, 0.717) is 15.6 Å². The van der Waals surface area contributed by atoms with Crippen molar-refractivity contribution >= 4 is 43.9 Å². The van der Waals surface area contributed by atoms with Gasteiger partial charge >= 0.3 is 0 Å². The topological polar surface area (TPSA) is 69.1 Å². The van der Waals surface area contributed by atoms with Crippen LogP contribution in [0.2, 0.25) is 5.02 Å². The van der Waals surface area contributed by atoms with Crippen LogP contribution in [0.3, 0.4) is 0 Å². The summed E-state index contributed by atoms with van der Waals surface area (Å²) in [4.78, 5) is 11.1. The number of hydrogen-bond acceptors (Lipinski definition) is 3. The molecule has 0 unspecified atom stereocenters. The lowest BCUT2D eigenvalue weighted by molar-refractivity contribution is 0.100. The zero-order valence-electron chi connectivity index (χ0n) is 7.08. The van der Waals surface area contributed by atoms with Crippen LogP contribution in [0.15, 0.2) is 18.2 Å². The largest absolute Gasteiger partial charge is 0.390 e. The molecule has 0 aliphatic heterocycles. The van der Waals surface area contributed by atoms with Crippen LogP contribution in [-0.2, 0) is 0 Å². The number of halogens is 1. The molecule has 2 rings (SSSR count). The number of nitrogen functional groups attached to an aromatic ring is 1. The Morgan fingerprint density at radius 1 is 1.43 bits per heavy atom. The number of thiophene rings is 1. The first kappa shape index (κ1) is 9.30. The fraction of sp³-hybridized carbons (Fsp3) is 0. The third-order valence-electron chi connectivity index (χ3n) is 1.92. The number of carbonyl (C=O) groups excluding carboxylic acids is 1. The monoisotopic (exact) mass is 226 g/mol. The summed E-state index contributed by atoms with van der Waals surface area (Å²) in [6, 6.07) is 5.28. The van der Waals surface area contributed by atoms with Gasteiger partial charge in [-0.3, -0.25) is 4.79 Å². The van der Waals surface area contributed by atoms with Gasteiger partial charge in [0.15, 0.2) is 0 Å². The van der Waals surface area contributed by atoms with E-state index in [1.165, 1.54) is 11.3 Å². The molecular weight excluding hydrogens is 220 g/mol. The van der Waals surface area contributed by atoms with Crippen molar-refractivity contribution in [3.8, 4) is 0 Å². The highest BCUT2D eigenvalue weighted by Crippen LogP contribution is 2.34. The minimum atomic E-state index is -0.518. The molecule has 4 N–H and O–H groups in total. The molecule has 1 aromatic carbocycles. The smallest absolute Gasteiger partial charge is 0.252 e. The van der Waals surface area contributed by atoms with Crippen molar-refractivity contribution < 1.29 is 4.79 Å². The molecule has 1 heterocycles. The van der Waals surface area contributed by atoms with E-state index >= 15 is 0 Å².